The van der Waals surface area contributed by atoms with Crippen molar-refractivity contribution in [2.75, 3.05) is 19.0 Å². The van der Waals surface area contributed by atoms with Crippen LogP contribution in [0, 0.1) is 6.92 Å². The van der Waals surface area contributed by atoms with E-state index >= 15 is 0 Å². The molecule has 158 valence electrons. The molecule has 2 aromatic carbocycles. The maximum absolute atomic E-state index is 10.6. The van der Waals surface area contributed by atoms with Gasteiger partial charge in [0, 0.05) is 17.9 Å². The minimum absolute atomic E-state index is 0.00456. The van der Waals surface area contributed by atoms with E-state index in [0.29, 0.717) is 41.2 Å². The van der Waals surface area contributed by atoms with Gasteiger partial charge in [0.1, 0.15) is 17.9 Å². The summed E-state index contributed by atoms with van der Waals surface area (Å²) in [6.07, 6.45) is 3.82. The highest BCUT2D eigenvalue weighted by atomic mass is 16.5. The number of methoxy groups -OCH3 is 1. The Kier molecular flexibility index (Phi) is 6.90. The molecule has 3 aromatic rings. The fourth-order valence-electron chi connectivity index (χ4n) is 3.13. The maximum atomic E-state index is 10.6. The Morgan fingerprint density at radius 3 is 2.77 bits per heavy atom. The number of rotatable bonds is 10. The molecule has 0 fully saturated rings. The van der Waals surface area contributed by atoms with E-state index in [1.54, 1.807) is 12.1 Å². The summed E-state index contributed by atoms with van der Waals surface area (Å²) in [4.78, 5) is 19.2. The van der Waals surface area contributed by atoms with Crippen molar-refractivity contribution in [3.05, 3.63) is 42.2 Å². The van der Waals surface area contributed by atoms with Crippen molar-refractivity contribution in [1.29, 1.82) is 0 Å². The van der Waals surface area contributed by atoms with Gasteiger partial charge in [-0.3, -0.25) is 4.79 Å². The average Bonchev–Trinajstić information content (AvgIpc) is 2.72. The first-order valence-corrected chi connectivity index (χ1v) is 9.72. The zero-order chi connectivity index (χ0) is 21.5. The number of aryl methyl sites for hydroxylation is 1. The lowest BCUT2D eigenvalue weighted by molar-refractivity contribution is -0.137. The zero-order valence-corrected chi connectivity index (χ0v) is 17.0. The average molecular weight is 411 g/mol. The van der Waals surface area contributed by atoms with Gasteiger partial charge < -0.3 is 25.0 Å². The highest BCUT2D eigenvalue weighted by Crippen LogP contribution is 2.36. The summed E-state index contributed by atoms with van der Waals surface area (Å²) in [5.41, 5.74) is 2.35. The normalized spacial score (nSPS) is 10.7. The smallest absolute Gasteiger partial charge is 0.303 e. The summed E-state index contributed by atoms with van der Waals surface area (Å²) >= 11 is 0. The number of carbonyl (C=O) groups is 1. The van der Waals surface area contributed by atoms with Crippen molar-refractivity contribution >= 4 is 28.4 Å². The third kappa shape index (κ3) is 5.08. The number of phenols is 1. The molecule has 1 heterocycles. The predicted octanol–water partition coefficient (Wildman–Crippen LogP) is 4.42. The Bertz CT molecular complexity index is 1040. The number of carboxylic acids is 1. The van der Waals surface area contributed by atoms with Crippen molar-refractivity contribution in [3.8, 4) is 17.2 Å². The molecule has 0 saturated carbocycles. The van der Waals surface area contributed by atoms with Crippen LogP contribution in [0.15, 0.2) is 36.7 Å². The van der Waals surface area contributed by atoms with Crippen LogP contribution in [-0.4, -0.2) is 39.9 Å². The van der Waals surface area contributed by atoms with Gasteiger partial charge in [-0.2, -0.15) is 0 Å². The summed E-state index contributed by atoms with van der Waals surface area (Å²) in [5, 5.41) is 22.8. The van der Waals surface area contributed by atoms with E-state index in [-0.39, 0.29) is 12.2 Å². The van der Waals surface area contributed by atoms with E-state index in [9.17, 15) is 9.90 Å². The van der Waals surface area contributed by atoms with Gasteiger partial charge in [-0.15, -0.1) is 0 Å². The number of ether oxygens (including phenoxy) is 2. The summed E-state index contributed by atoms with van der Waals surface area (Å²) in [7, 11) is 1.49. The largest absolute Gasteiger partial charge is 0.504 e. The maximum Gasteiger partial charge on any atom is 0.303 e. The molecule has 0 spiro atoms. The highest BCUT2D eigenvalue weighted by molar-refractivity contribution is 5.93. The third-order valence-electron chi connectivity index (χ3n) is 4.68. The van der Waals surface area contributed by atoms with Gasteiger partial charge >= 0.3 is 5.97 Å². The summed E-state index contributed by atoms with van der Waals surface area (Å²) < 4.78 is 11.1. The number of carboxylic acid groups (broad SMARTS) is 1. The lowest BCUT2D eigenvalue weighted by Crippen LogP contribution is -2.04. The Balaban J connectivity index is 1.78. The monoisotopic (exact) mass is 411 g/mol. The van der Waals surface area contributed by atoms with Gasteiger partial charge in [0.25, 0.3) is 0 Å². The number of aliphatic carboxylic acids is 1. The molecular weight excluding hydrogens is 386 g/mol. The van der Waals surface area contributed by atoms with Gasteiger partial charge in [-0.05, 0) is 43.9 Å². The Morgan fingerprint density at radius 2 is 2.00 bits per heavy atom. The second-order valence-electron chi connectivity index (χ2n) is 6.89. The summed E-state index contributed by atoms with van der Waals surface area (Å²) in [6.45, 7) is 2.45. The number of aromatic nitrogens is 2. The first-order chi connectivity index (χ1) is 14.5. The molecule has 3 N–H and O–H groups in total. The van der Waals surface area contributed by atoms with E-state index in [4.69, 9.17) is 14.6 Å². The fraction of sp³-hybridized carbons (Fsp3) is 0.318. The molecule has 0 saturated heterocycles. The number of para-hydroxylation sites is 1. The molecular formula is C22H25N3O5. The van der Waals surface area contributed by atoms with E-state index in [0.717, 1.165) is 24.1 Å². The van der Waals surface area contributed by atoms with Crippen molar-refractivity contribution in [2.45, 2.75) is 32.6 Å². The molecule has 0 unspecified atom stereocenters. The number of anilines is 2. The van der Waals surface area contributed by atoms with Gasteiger partial charge in [0.05, 0.1) is 24.9 Å². The van der Waals surface area contributed by atoms with Crippen molar-refractivity contribution < 1.29 is 24.5 Å². The lowest BCUT2D eigenvalue weighted by atomic mass is 10.1. The Labute approximate surface area is 174 Å². The van der Waals surface area contributed by atoms with E-state index in [1.165, 1.54) is 13.4 Å². The third-order valence-corrected chi connectivity index (χ3v) is 4.68. The van der Waals surface area contributed by atoms with Crippen LogP contribution in [0.1, 0.15) is 31.2 Å². The number of benzene rings is 2. The Hall–Kier alpha value is -3.55. The number of hydrogen-bond acceptors (Lipinski definition) is 7. The first-order valence-electron chi connectivity index (χ1n) is 9.72. The van der Waals surface area contributed by atoms with Crippen LogP contribution in [0.4, 0.5) is 11.5 Å². The van der Waals surface area contributed by atoms with Crippen LogP contribution in [0.25, 0.3) is 10.9 Å². The number of nitrogens with one attached hydrogen (secondary N) is 1. The van der Waals surface area contributed by atoms with Crippen LogP contribution in [0.5, 0.6) is 17.2 Å². The number of unbranched alkanes of at least 4 members (excludes halogenated alkanes) is 2. The van der Waals surface area contributed by atoms with Gasteiger partial charge in [-0.25, -0.2) is 9.97 Å². The highest BCUT2D eigenvalue weighted by Gasteiger charge is 2.13. The van der Waals surface area contributed by atoms with Crippen molar-refractivity contribution in [3.63, 3.8) is 0 Å². The van der Waals surface area contributed by atoms with E-state index < -0.39 is 5.97 Å². The van der Waals surface area contributed by atoms with Gasteiger partial charge in [0.15, 0.2) is 11.5 Å². The number of hydrogen-bond donors (Lipinski definition) is 3. The van der Waals surface area contributed by atoms with Crippen LogP contribution in [0.2, 0.25) is 0 Å². The lowest BCUT2D eigenvalue weighted by Gasteiger charge is -2.16. The molecule has 0 bridgehead atoms. The minimum Gasteiger partial charge on any atom is -0.504 e. The SMILES string of the molecule is COc1cc2ncnc(Nc3cccc(C)c3OCCCCCC(=O)O)c2cc1O. The molecule has 8 heteroatoms. The molecule has 0 aliphatic carbocycles. The minimum atomic E-state index is -0.776. The first kappa shape index (κ1) is 21.2. The number of aromatic hydroxyl groups is 1. The zero-order valence-electron chi connectivity index (χ0n) is 17.0. The predicted molar refractivity (Wildman–Crippen MR) is 114 cm³/mol. The Morgan fingerprint density at radius 1 is 1.17 bits per heavy atom. The standard InChI is InChI=1S/C22H25N3O5/c1-14-7-6-8-16(21(14)30-10-5-3-4-9-20(27)28)25-22-15-11-18(26)19(29-2)12-17(15)23-13-24-22/h6-8,11-13,26H,3-5,9-10H2,1-2H3,(H,27,28)(H,23,24,25). The van der Waals surface area contributed by atoms with E-state index in [2.05, 4.69) is 15.3 Å². The summed E-state index contributed by atoms with van der Waals surface area (Å²) in [5.74, 6) is 0.816. The quantitative estimate of drug-likeness (QED) is 0.420. The molecule has 0 aliphatic heterocycles. The number of fused-ring (bicyclic) bond motifs is 1. The van der Waals surface area contributed by atoms with Crippen LogP contribution in [-0.2, 0) is 4.79 Å². The molecule has 8 nitrogen and oxygen atoms in total. The van der Waals surface area contributed by atoms with Gasteiger partial charge in [-0.1, -0.05) is 12.1 Å². The van der Waals surface area contributed by atoms with Crippen molar-refractivity contribution in [2.24, 2.45) is 0 Å². The molecule has 3 rings (SSSR count). The molecule has 0 aliphatic rings. The molecule has 30 heavy (non-hydrogen) atoms. The fourth-order valence-corrected chi connectivity index (χ4v) is 3.13. The number of nitrogens with zero attached hydrogens (tertiary/aromatic N) is 2. The second-order valence-corrected chi connectivity index (χ2v) is 6.89. The van der Waals surface area contributed by atoms with Crippen LogP contribution >= 0.6 is 0 Å². The molecule has 0 atom stereocenters. The number of phenolic OH excluding ortho intramolecular Hbond substituents is 1. The van der Waals surface area contributed by atoms with Crippen LogP contribution in [0.3, 0.4) is 0 Å². The second kappa shape index (κ2) is 9.78. The topological polar surface area (TPSA) is 114 Å². The molecule has 1 aromatic heterocycles. The molecule has 0 amide bonds. The summed E-state index contributed by atoms with van der Waals surface area (Å²) in [6, 6.07) is 8.99. The van der Waals surface area contributed by atoms with E-state index in [1.807, 2.05) is 25.1 Å². The van der Waals surface area contributed by atoms with Crippen LogP contribution < -0.4 is 14.8 Å². The van der Waals surface area contributed by atoms with Crippen molar-refractivity contribution in [1.82, 2.24) is 9.97 Å². The molecule has 0 radical (unpaired) electrons. The van der Waals surface area contributed by atoms with Gasteiger partial charge in [0.2, 0.25) is 0 Å².